The Labute approximate surface area is 80.1 Å². The molecule has 0 amide bonds. The molecule has 13 heavy (non-hydrogen) atoms. The van der Waals surface area contributed by atoms with Gasteiger partial charge in [-0.25, -0.2) is 0 Å². The summed E-state index contributed by atoms with van der Waals surface area (Å²) in [5.41, 5.74) is 0. The van der Waals surface area contributed by atoms with Gasteiger partial charge in [-0.2, -0.15) is 0 Å². The summed E-state index contributed by atoms with van der Waals surface area (Å²) in [6, 6.07) is 0. The molecule has 0 unspecified atom stereocenters. The van der Waals surface area contributed by atoms with Crippen molar-refractivity contribution in [1.29, 1.82) is 0 Å². The van der Waals surface area contributed by atoms with Gasteiger partial charge in [0.25, 0.3) is 0 Å². The Morgan fingerprint density at radius 3 is 2.54 bits per heavy atom. The van der Waals surface area contributed by atoms with Crippen LogP contribution in [0.15, 0.2) is 0 Å². The predicted molar refractivity (Wildman–Crippen MR) is 50.6 cm³/mol. The van der Waals surface area contributed by atoms with Crippen LogP contribution < -0.4 is 4.90 Å². The van der Waals surface area contributed by atoms with E-state index in [0.29, 0.717) is 0 Å². The lowest BCUT2D eigenvalue weighted by atomic mass is 10.1. The lowest BCUT2D eigenvalue weighted by Crippen LogP contribution is -3.13. The minimum atomic E-state index is -0.0712. The molecular weight excluding hydrogens is 166 g/mol. The molecule has 1 fully saturated rings. The molecule has 0 aromatic carbocycles. The average molecular weight is 186 g/mol. The van der Waals surface area contributed by atoms with Crippen molar-refractivity contribution in [2.45, 2.75) is 26.2 Å². The lowest BCUT2D eigenvalue weighted by Gasteiger charge is -2.25. The van der Waals surface area contributed by atoms with Gasteiger partial charge in [-0.3, -0.25) is 4.79 Å². The molecule has 0 radical (unpaired) electrons. The number of carbonyl (C=O) groups excluding carboxylic acids is 1. The van der Waals surface area contributed by atoms with Crippen LogP contribution in [0.25, 0.3) is 0 Å². The molecule has 1 rings (SSSR count). The van der Waals surface area contributed by atoms with Crippen LogP contribution >= 0.6 is 0 Å². The van der Waals surface area contributed by atoms with E-state index < -0.39 is 0 Å². The van der Waals surface area contributed by atoms with Gasteiger partial charge in [-0.1, -0.05) is 0 Å². The maximum atomic E-state index is 11.1. The fraction of sp³-hybridized carbons (Fsp3) is 0.900. The quantitative estimate of drug-likeness (QED) is 0.622. The topological polar surface area (TPSA) is 30.7 Å². The smallest absolute Gasteiger partial charge is 0.314 e. The largest absolute Gasteiger partial charge is 0.469 e. The molecule has 0 aromatic heterocycles. The first kappa shape index (κ1) is 10.5. The minimum absolute atomic E-state index is 0.0538. The van der Waals surface area contributed by atoms with Gasteiger partial charge in [-0.05, 0) is 26.2 Å². The first-order valence-electron chi connectivity index (χ1n) is 5.15. The Balaban J connectivity index is 2.25. The second-order valence-electron chi connectivity index (χ2n) is 3.94. The number of hydrogen-bond donors (Lipinski definition) is 1. The minimum Gasteiger partial charge on any atom is -0.469 e. The van der Waals surface area contributed by atoms with Crippen LogP contribution in [0.5, 0.6) is 0 Å². The molecule has 1 N–H and O–H groups in total. The zero-order valence-electron chi connectivity index (χ0n) is 8.64. The summed E-state index contributed by atoms with van der Waals surface area (Å²) in [7, 11) is 1.46. The van der Waals surface area contributed by atoms with Crippen LogP contribution in [-0.4, -0.2) is 32.7 Å². The molecule has 3 heteroatoms. The van der Waals surface area contributed by atoms with E-state index in [1.54, 1.807) is 4.90 Å². The number of methoxy groups -OCH3 is 1. The van der Waals surface area contributed by atoms with Crippen LogP contribution in [-0.2, 0) is 9.53 Å². The van der Waals surface area contributed by atoms with Crippen molar-refractivity contribution in [2.75, 3.05) is 26.7 Å². The van der Waals surface area contributed by atoms with E-state index in [-0.39, 0.29) is 11.9 Å². The van der Waals surface area contributed by atoms with Gasteiger partial charge in [0.15, 0.2) is 0 Å². The average Bonchev–Trinajstić information content (AvgIpc) is 2.18. The summed E-state index contributed by atoms with van der Waals surface area (Å²) >= 11 is 0. The van der Waals surface area contributed by atoms with E-state index in [0.717, 1.165) is 6.54 Å². The zero-order valence-corrected chi connectivity index (χ0v) is 8.64. The van der Waals surface area contributed by atoms with E-state index in [4.69, 9.17) is 4.74 Å². The number of ether oxygens (including phenoxy) is 1. The van der Waals surface area contributed by atoms with Crippen molar-refractivity contribution < 1.29 is 14.4 Å². The summed E-state index contributed by atoms with van der Waals surface area (Å²) in [5.74, 6) is -0.0174. The van der Waals surface area contributed by atoms with Crippen molar-refractivity contribution >= 4 is 5.97 Å². The number of rotatable bonds is 3. The van der Waals surface area contributed by atoms with Crippen molar-refractivity contribution in [2.24, 2.45) is 5.92 Å². The molecule has 0 saturated carbocycles. The van der Waals surface area contributed by atoms with Crippen LogP contribution in [0.2, 0.25) is 0 Å². The molecule has 0 aromatic rings. The Morgan fingerprint density at radius 2 is 2.00 bits per heavy atom. The Bertz CT molecular complexity index is 164. The van der Waals surface area contributed by atoms with Crippen LogP contribution in [0.4, 0.5) is 0 Å². The number of quaternary nitrogens is 1. The van der Waals surface area contributed by atoms with Gasteiger partial charge >= 0.3 is 5.97 Å². The van der Waals surface area contributed by atoms with Gasteiger partial charge in [-0.15, -0.1) is 0 Å². The third-order valence-corrected chi connectivity index (χ3v) is 2.76. The number of piperidine rings is 1. The number of carbonyl (C=O) groups is 1. The first-order chi connectivity index (χ1) is 6.24. The third-order valence-electron chi connectivity index (χ3n) is 2.76. The second-order valence-corrected chi connectivity index (χ2v) is 3.94. The normalized spacial score (nSPS) is 21.1. The third kappa shape index (κ3) is 3.35. The highest BCUT2D eigenvalue weighted by Crippen LogP contribution is 1.97. The molecule has 1 atom stereocenters. The van der Waals surface area contributed by atoms with E-state index in [1.165, 1.54) is 39.5 Å². The highest BCUT2D eigenvalue weighted by molar-refractivity contribution is 5.71. The molecule has 1 heterocycles. The maximum Gasteiger partial charge on any atom is 0.314 e. The highest BCUT2D eigenvalue weighted by atomic mass is 16.5. The van der Waals surface area contributed by atoms with E-state index in [9.17, 15) is 4.79 Å². The van der Waals surface area contributed by atoms with Crippen molar-refractivity contribution in [3.8, 4) is 0 Å². The van der Waals surface area contributed by atoms with Crippen LogP contribution in [0.1, 0.15) is 26.2 Å². The van der Waals surface area contributed by atoms with E-state index in [1.807, 2.05) is 6.92 Å². The van der Waals surface area contributed by atoms with Gasteiger partial charge in [0, 0.05) is 0 Å². The summed E-state index contributed by atoms with van der Waals surface area (Å²) in [6.07, 6.45) is 3.97. The molecule has 1 aliphatic rings. The maximum absolute atomic E-state index is 11.1. The number of hydrogen-bond acceptors (Lipinski definition) is 2. The van der Waals surface area contributed by atoms with Gasteiger partial charge in [0.1, 0.15) is 5.92 Å². The summed E-state index contributed by atoms with van der Waals surface area (Å²) < 4.78 is 4.70. The van der Waals surface area contributed by atoms with E-state index >= 15 is 0 Å². The first-order valence-corrected chi connectivity index (χ1v) is 5.15. The fourth-order valence-electron chi connectivity index (χ4n) is 1.97. The van der Waals surface area contributed by atoms with Crippen LogP contribution in [0, 0.1) is 5.92 Å². The van der Waals surface area contributed by atoms with Crippen molar-refractivity contribution in [3.63, 3.8) is 0 Å². The lowest BCUT2D eigenvalue weighted by molar-refractivity contribution is -0.907. The highest BCUT2D eigenvalue weighted by Gasteiger charge is 2.21. The molecule has 1 aliphatic heterocycles. The Hall–Kier alpha value is -0.570. The molecular formula is C10H20NO2+. The van der Waals surface area contributed by atoms with Crippen molar-refractivity contribution in [1.82, 2.24) is 0 Å². The number of nitrogens with one attached hydrogen (secondary N) is 1. The number of esters is 1. The van der Waals surface area contributed by atoms with Gasteiger partial charge in [0.2, 0.25) is 0 Å². The van der Waals surface area contributed by atoms with Crippen molar-refractivity contribution in [3.05, 3.63) is 0 Å². The van der Waals surface area contributed by atoms with Gasteiger partial charge in [0.05, 0.1) is 26.7 Å². The SMILES string of the molecule is COC(=O)[C@@H](C)C[NH+]1CCCCC1. The molecule has 0 aliphatic carbocycles. The Morgan fingerprint density at radius 1 is 1.38 bits per heavy atom. The monoisotopic (exact) mass is 186 g/mol. The standard InChI is InChI=1S/C10H19NO2/c1-9(10(12)13-2)8-11-6-4-3-5-7-11/h9H,3-8H2,1-2H3/p+1/t9-/m0/s1. The van der Waals surface area contributed by atoms with Crippen LogP contribution in [0.3, 0.4) is 0 Å². The fourth-order valence-corrected chi connectivity index (χ4v) is 1.97. The van der Waals surface area contributed by atoms with E-state index in [2.05, 4.69) is 0 Å². The molecule has 0 spiro atoms. The summed E-state index contributed by atoms with van der Waals surface area (Å²) in [5, 5.41) is 0. The summed E-state index contributed by atoms with van der Waals surface area (Å²) in [6.45, 7) is 5.34. The second kappa shape index (κ2) is 5.22. The zero-order chi connectivity index (χ0) is 9.68. The van der Waals surface area contributed by atoms with Gasteiger partial charge < -0.3 is 9.64 Å². The molecule has 76 valence electrons. The molecule has 1 saturated heterocycles. The number of likely N-dealkylation sites (tertiary alicyclic amines) is 1. The predicted octanol–water partition coefficient (Wildman–Crippen LogP) is -0.136. The molecule has 3 nitrogen and oxygen atoms in total. The Kier molecular flexibility index (Phi) is 4.22. The summed E-state index contributed by atoms with van der Waals surface area (Å²) in [4.78, 5) is 12.7. The molecule has 0 bridgehead atoms.